The van der Waals surface area contributed by atoms with E-state index in [0.29, 0.717) is 23.6 Å². The van der Waals surface area contributed by atoms with E-state index in [4.69, 9.17) is 16.3 Å². The molecule has 0 saturated heterocycles. The van der Waals surface area contributed by atoms with Gasteiger partial charge in [0.15, 0.2) is 0 Å². The Morgan fingerprint density at radius 3 is 2.25 bits per heavy atom. The van der Waals surface area contributed by atoms with Gasteiger partial charge in [-0.15, -0.1) is 0 Å². The first kappa shape index (κ1) is 21.5. The Hall–Kier alpha value is -3.71. The van der Waals surface area contributed by atoms with E-state index in [1.54, 1.807) is 24.3 Å². The third-order valence-electron chi connectivity index (χ3n) is 4.81. The van der Waals surface area contributed by atoms with E-state index in [1.807, 2.05) is 6.92 Å². The Labute approximate surface area is 187 Å². The molecule has 3 aromatic carbocycles. The van der Waals surface area contributed by atoms with Gasteiger partial charge in [-0.1, -0.05) is 23.7 Å². The SMILES string of the molecule is CCOc1ccc(NC2=C(c3ccc(F)cc3)C(=O)N(c3ccc(F)c(Cl)c3)C2=O)cc1. The predicted octanol–water partition coefficient (Wildman–Crippen LogP) is 5.41. The lowest BCUT2D eigenvalue weighted by molar-refractivity contribution is -0.120. The summed E-state index contributed by atoms with van der Waals surface area (Å²) in [5.74, 6) is -1.78. The largest absolute Gasteiger partial charge is 0.494 e. The minimum absolute atomic E-state index is 0.00576. The molecule has 0 radical (unpaired) electrons. The fourth-order valence-corrected chi connectivity index (χ4v) is 3.51. The quantitative estimate of drug-likeness (QED) is 0.506. The second-order valence-electron chi connectivity index (χ2n) is 6.88. The lowest BCUT2D eigenvalue weighted by Crippen LogP contribution is -2.32. The molecule has 0 aliphatic carbocycles. The first-order valence-electron chi connectivity index (χ1n) is 9.73. The molecular formula is C24H17ClF2N2O3. The van der Waals surface area contributed by atoms with Gasteiger partial charge in [0.05, 0.1) is 22.9 Å². The molecule has 0 spiro atoms. The average molecular weight is 455 g/mol. The first-order chi connectivity index (χ1) is 15.4. The van der Waals surface area contributed by atoms with E-state index in [0.717, 1.165) is 11.0 Å². The minimum atomic E-state index is -0.672. The van der Waals surface area contributed by atoms with Gasteiger partial charge >= 0.3 is 0 Å². The molecule has 32 heavy (non-hydrogen) atoms. The van der Waals surface area contributed by atoms with Gasteiger partial charge in [-0.2, -0.15) is 0 Å². The molecule has 1 N–H and O–H groups in total. The number of nitrogens with zero attached hydrogens (tertiary/aromatic N) is 1. The monoisotopic (exact) mass is 454 g/mol. The Morgan fingerprint density at radius 1 is 0.938 bits per heavy atom. The molecule has 0 bridgehead atoms. The van der Waals surface area contributed by atoms with Gasteiger partial charge in [0.1, 0.15) is 23.1 Å². The normalized spacial score (nSPS) is 13.7. The van der Waals surface area contributed by atoms with Gasteiger partial charge in [0.25, 0.3) is 11.8 Å². The van der Waals surface area contributed by atoms with Gasteiger partial charge < -0.3 is 10.1 Å². The highest BCUT2D eigenvalue weighted by Gasteiger charge is 2.40. The van der Waals surface area contributed by atoms with Crippen molar-refractivity contribution in [1.29, 1.82) is 0 Å². The van der Waals surface area contributed by atoms with Gasteiger partial charge in [-0.25, -0.2) is 13.7 Å². The number of halogens is 3. The van der Waals surface area contributed by atoms with Crippen molar-refractivity contribution in [3.63, 3.8) is 0 Å². The maximum absolute atomic E-state index is 13.6. The molecule has 0 saturated carbocycles. The lowest BCUT2D eigenvalue weighted by Gasteiger charge is -2.16. The predicted molar refractivity (Wildman–Crippen MR) is 118 cm³/mol. The molecule has 8 heteroatoms. The fourth-order valence-electron chi connectivity index (χ4n) is 3.33. The Bertz CT molecular complexity index is 1220. The van der Waals surface area contributed by atoms with Crippen LogP contribution in [0.3, 0.4) is 0 Å². The molecule has 0 atom stereocenters. The Kier molecular flexibility index (Phi) is 5.92. The number of hydrogen-bond acceptors (Lipinski definition) is 4. The van der Waals surface area contributed by atoms with Crippen LogP contribution in [0, 0.1) is 11.6 Å². The summed E-state index contributed by atoms with van der Waals surface area (Å²) in [4.78, 5) is 27.5. The molecule has 0 aromatic heterocycles. The number of rotatable bonds is 6. The van der Waals surface area contributed by atoms with Crippen LogP contribution in [0.15, 0.2) is 72.4 Å². The summed E-state index contributed by atoms with van der Waals surface area (Å²) in [6, 6.07) is 15.7. The van der Waals surface area contributed by atoms with Crippen LogP contribution in [-0.2, 0) is 9.59 Å². The third-order valence-corrected chi connectivity index (χ3v) is 5.10. The van der Waals surface area contributed by atoms with Crippen LogP contribution >= 0.6 is 11.6 Å². The minimum Gasteiger partial charge on any atom is -0.494 e. The van der Waals surface area contributed by atoms with Crippen molar-refractivity contribution in [2.45, 2.75) is 6.92 Å². The topological polar surface area (TPSA) is 58.6 Å². The summed E-state index contributed by atoms with van der Waals surface area (Å²) in [7, 11) is 0. The zero-order chi connectivity index (χ0) is 22.8. The van der Waals surface area contributed by atoms with Gasteiger partial charge in [0, 0.05) is 5.69 Å². The van der Waals surface area contributed by atoms with Crippen molar-refractivity contribution >= 4 is 40.4 Å². The maximum atomic E-state index is 13.6. The second kappa shape index (κ2) is 8.80. The number of ether oxygens (including phenoxy) is 1. The number of amides is 2. The van der Waals surface area contributed by atoms with Crippen molar-refractivity contribution in [2.24, 2.45) is 0 Å². The van der Waals surface area contributed by atoms with E-state index >= 15 is 0 Å². The van der Waals surface area contributed by atoms with Crippen LogP contribution in [0.1, 0.15) is 12.5 Å². The molecule has 162 valence electrons. The van der Waals surface area contributed by atoms with E-state index in [-0.39, 0.29) is 22.0 Å². The fraction of sp³-hybridized carbons (Fsp3) is 0.0833. The number of anilines is 2. The number of nitrogens with one attached hydrogen (secondary N) is 1. The number of hydrogen-bond donors (Lipinski definition) is 1. The molecule has 0 unspecified atom stereocenters. The zero-order valence-electron chi connectivity index (χ0n) is 16.9. The molecular weight excluding hydrogens is 438 g/mol. The van der Waals surface area contributed by atoms with Crippen molar-refractivity contribution in [1.82, 2.24) is 0 Å². The summed E-state index contributed by atoms with van der Waals surface area (Å²) >= 11 is 5.86. The summed E-state index contributed by atoms with van der Waals surface area (Å²) in [5.41, 5.74) is 1.09. The van der Waals surface area contributed by atoms with Crippen molar-refractivity contribution < 1.29 is 23.1 Å². The molecule has 1 aliphatic rings. The van der Waals surface area contributed by atoms with Crippen molar-refractivity contribution in [2.75, 3.05) is 16.8 Å². The highest BCUT2D eigenvalue weighted by Crippen LogP contribution is 2.35. The van der Waals surface area contributed by atoms with E-state index in [2.05, 4.69) is 5.32 Å². The molecule has 2 amide bonds. The van der Waals surface area contributed by atoms with E-state index in [9.17, 15) is 18.4 Å². The van der Waals surface area contributed by atoms with Crippen LogP contribution < -0.4 is 15.0 Å². The summed E-state index contributed by atoms with van der Waals surface area (Å²) in [6.45, 7) is 2.37. The first-order valence-corrected chi connectivity index (χ1v) is 10.1. The molecule has 4 rings (SSSR count). The second-order valence-corrected chi connectivity index (χ2v) is 7.29. The summed E-state index contributed by atoms with van der Waals surface area (Å²) in [5, 5.41) is 2.77. The van der Waals surface area contributed by atoms with Gasteiger partial charge in [-0.05, 0) is 67.1 Å². The summed E-state index contributed by atoms with van der Waals surface area (Å²) in [6.07, 6.45) is 0. The van der Waals surface area contributed by atoms with Crippen LogP contribution in [0.5, 0.6) is 5.75 Å². The zero-order valence-corrected chi connectivity index (χ0v) is 17.6. The molecule has 0 fully saturated rings. The summed E-state index contributed by atoms with van der Waals surface area (Å²) < 4.78 is 32.5. The lowest BCUT2D eigenvalue weighted by atomic mass is 10.0. The number of imide groups is 1. The Balaban J connectivity index is 1.77. The van der Waals surface area contributed by atoms with E-state index in [1.165, 1.54) is 36.4 Å². The van der Waals surface area contributed by atoms with Crippen LogP contribution in [0.4, 0.5) is 20.2 Å². The highest BCUT2D eigenvalue weighted by molar-refractivity contribution is 6.46. The van der Waals surface area contributed by atoms with E-state index < -0.39 is 23.4 Å². The van der Waals surface area contributed by atoms with Crippen molar-refractivity contribution in [3.05, 3.63) is 94.6 Å². The smallest absolute Gasteiger partial charge is 0.282 e. The molecule has 1 aliphatic heterocycles. The number of carbonyl (C=O) groups excluding carboxylic acids is 2. The highest BCUT2D eigenvalue weighted by atomic mass is 35.5. The van der Waals surface area contributed by atoms with Crippen LogP contribution in [0.2, 0.25) is 5.02 Å². The van der Waals surface area contributed by atoms with Crippen LogP contribution in [0.25, 0.3) is 5.57 Å². The van der Waals surface area contributed by atoms with Crippen LogP contribution in [-0.4, -0.2) is 18.4 Å². The molecule has 5 nitrogen and oxygen atoms in total. The third kappa shape index (κ3) is 4.07. The number of carbonyl (C=O) groups is 2. The standard InChI is InChI=1S/C24H17ClF2N2O3/c1-2-32-18-10-7-16(8-11-18)28-22-21(14-3-5-15(26)6-4-14)23(30)29(24(22)31)17-9-12-20(27)19(25)13-17/h3-13,28H,2H2,1H3. The van der Waals surface area contributed by atoms with Gasteiger partial charge in [0.2, 0.25) is 0 Å². The Morgan fingerprint density at radius 2 is 1.62 bits per heavy atom. The number of benzene rings is 3. The average Bonchev–Trinajstić information content (AvgIpc) is 3.02. The molecule has 3 aromatic rings. The van der Waals surface area contributed by atoms with Crippen molar-refractivity contribution in [3.8, 4) is 5.75 Å². The molecule has 1 heterocycles. The maximum Gasteiger partial charge on any atom is 0.282 e. The van der Waals surface area contributed by atoms with Gasteiger partial charge in [-0.3, -0.25) is 9.59 Å².